The molecule has 1 aliphatic heterocycles. The zero-order valence-corrected chi connectivity index (χ0v) is 18.4. The molecule has 0 bridgehead atoms. The smallest absolute Gasteiger partial charge is 0.312 e. The van der Waals surface area contributed by atoms with E-state index in [-0.39, 0.29) is 17.9 Å². The van der Waals surface area contributed by atoms with Crippen LogP contribution in [0.25, 0.3) is 0 Å². The van der Waals surface area contributed by atoms with E-state index in [0.717, 1.165) is 42.6 Å². The first kappa shape index (κ1) is 21.9. The third kappa shape index (κ3) is 4.93. The minimum Gasteiger partial charge on any atom is -0.497 e. The molecule has 4 rings (SSSR count). The van der Waals surface area contributed by atoms with Crippen molar-refractivity contribution in [1.29, 1.82) is 0 Å². The average molecular weight is 436 g/mol. The summed E-state index contributed by atoms with van der Waals surface area (Å²) in [7, 11) is 1.62. The number of nitrogens with zero attached hydrogens (tertiary/aromatic N) is 2. The van der Waals surface area contributed by atoms with Crippen LogP contribution in [0, 0.1) is 0 Å². The number of rotatable bonds is 7. The fraction of sp³-hybridized carbons (Fsp3) is 0.400. The summed E-state index contributed by atoms with van der Waals surface area (Å²) in [4.78, 5) is 41.0. The van der Waals surface area contributed by atoms with Crippen molar-refractivity contribution in [3.63, 3.8) is 0 Å². The third-order valence-electron chi connectivity index (χ3n) is 6.31. The van der Waals surface area contributed by atoms with Crippen LogP contribution in [-0.2, 0) is 22.7 Å². The molecule has 7 heteroatoms. The molecule has 0 aromatic heterocycles. The van der Waals surface area contributed by atoms with Crippen LogP contribution in [0.5, 0.6) is 5.75 Å². The first-order valence-corrected chi connectivity index (χ1v) is 11.1. The largest absolute Gasteiger partial charge is 0.497 e. The van der Waals surface area contributed by atoms with Gasteiger partial charge in [0.25, 0.3) is 5.91 Å². The molecule has 0 spiro atoms. The van der Waals surface area contributed by atoms with Crippen LogP contribution in [-0.4, -0.2) is 53.8 Å². The predicted octanol–water partition coefficient (Wildman–Crippen LogP) is 2.74. The Morgan fingerprint density at radius 1 is 0.938 bits per heavy atom. The molecule has 1 N–H and O–H groups in total. The number of methoxy groups -OCH3 is 1. The molecule has 0 atom stereocenters. The summed E-state index contributed by atoms with van der Waals surface area (Å²) < 4.78 is 5.14. The van der Waals surface area contributed by atoms with Gasteiger partial charge < -0.3 is 19.9 Å². The Morgan fingerprint density at radius 2 is 1.59 bits per heavy atom. The first-order valence-electron chi connectivity index (χ1n) is 11.1. The van der Waals surface area contributed by atoms with Gasteiger partial charge in [0.15, 0.2) is 0 Å². The molecule has 0 radical (unpaired) electrons. The maximum atomic E-state index is 12.6. The van der Waals surface area contributed by atoms with Gasteiger partial charge in [-0.2, -0.15) is 0 Å². The molecule has 3 amide bonds. The molecular weight excluding hydrogens is 406 g/mol. The Morgan fingerprint density at radius 3 is 2.25 bits per heavy atom. The molecule has 1 aliphatic carbocycles. The van der Waals surface area contributed by atoms with E-state index in [9.17, 15) is 14.4 Å². The molecule has 1 heterocycles. The fourth-order valence-corrected chi connectivity index (χ4v) is 4.41. The van der Waals surface area contributed by atoms with Crippen molar-refractivity contribution < 1.29 is 19.1 Å². The summed E-state index contributed by atoms with van der Waals surface area (Å²) in [5.74, 6) is -0.193. The number of amides is 3. The maximum Gasteiger partial charge on any atom is 0.312 e. The highest BCUT2D eigenvalue weighted by Crippen LogP contribution is 2.25. The summed E-state index contributed by atoms with van der Waals surface area (Å²) in [6, 6.07) is 14.9. The summed E-state index contributed by atoms with van der Waals surface area (Å²) in [5, 5.41) is 2.90. The minimum absolute atomic E-state index is 0.163. The molecule has 1 saturated heterocycles. The zero-order valence-electron chi connectivity index (χ0n) is 18.4. The van der Waals surface area contributed by atoms with Crippen LogP contribution in [0.15, 0.2) is 48.5 Å². The van der Waals surface area contributed by atoms with Crippen LogP contribution in [0.1, 0.15) is 47.2 Å². The zero-order chi connectivity index (χ0) is 22.5. The Kier molecular flexibility index (Phi) is 6.73. The van der Waals surface area contributed by atoms with Gasteiger partial charge in [-0.1, -0.05) is 37.1 Å². The molecule has 2 aromatic rings. The first-order chi connectivity index (χ1) is 15.5. The molecule has 168 valence electrons. The van der Waals surface area contributed by atoms with E-state index in [1.54, 1.807) is 29.0 Å². The van der Waals surface area contributed by atoms with Crippen molar-refractivity contribution in [3.8, 4) is 5.75 Å². The van der Waals surface area contributed by atoms with Gasteiger partial charge in [-0.25, -0.2) is 0 Å². The molecule has 32 heavy (non-hydrogen) atoms. The van der Waals surface area contributed by atoms with Crippen LogP contribution in [0.2, 0.25) is 0 Å². The van der Waals surface area contributed by atoms with E-state index in [1.165, 1.54) is 0 Å². The summed E-state index contributed by atoms with van der Waals surface area (Å²) in [6.45, 7) is 1.94. The van der Waals surface area contributed by atoms with Crippen molar-refractivity contribution in [2.75, 3.05) is 20.2 Å². The van der Waals surface area contributed by atoms with Gasteiger partial charge in [0.05, 0.1) is 7.11 Å². The number of hydrogen-bond donors (Lipinski definition) is 1. The van der Waals surface area contributed by atoms with Crippen molar-refractivity contribution in [1.82, 2.24) is 15.1 Å². The second kappa shape index (κ2) is 9.85. The Hall–Kier alpha value is -3.35. The van der Waals surface area contributed by atoms with Crippen LogP contribution in [0.4, 0.5) is 0 Å². The van der Waals surface area contributed by atoms with Crippen LogP contribution < -0.4 is 10.1 Å². The maximum absolute atomic E-state index is 12.6. The quantitative estimate of drug-likeness (QED) is 0.679. The van der Waals surface area contributed by atoms with E-state index in [0.29, 0.717) is 31.7 Å². The summed E-state index contributed by atoms with van der Waals surface area (Å²) in [5.41, 5.74) is 2.43. The molecule has 0 unspecified atom stereocenters. The Balaban J connectivity index is 1.30. The second-order valence-electron chi connectivity index (χ2n) is 8.39. The van der Waals surface area contributed by atoms with Crippen molar-refractivity contribution >= 4 is 17.7 Å². The molecule has 2 aromatic carbocycles. The highest BCUT2D eigenvalue weighted by Gasteiger charge is 2.37. The van der Waals surface area contributed by atoms with Crippen molar-refractivity contribution in [2.24, 2.45) is 0 Å². The average Bonchev–Trinajstić information content (AvgIpc) is 3.36. The standard InChI is InChI=1S/C25H29N3O4/c1-32-22-12-8-18(9-13-22)16-26-23(29)20-10-6-19(7-11-20)17-27-14-15-28(25(31)24(27)30)21-4-2-3-5-21/h6-13,21H,2-5,14-17H2,1H3,(H,26,29). The van der Waals surface area contributed by atoms with Gasteiger partial charge in [0.1, 0.15) is 5.75 Å². The highest BCUT2D eigenvalue weighted by atomic mass is 16.5. The van der Waals surface area contributed by atoms with Crippen LogP contribution in [0.3, 0.4) is 0 Å². The SMILES string of the molecule is COc1ccc(CNC(=O)c2ccc(CN3CCN(C4CCCC4)C(=O)C3=O)cc2)cc1. The van der Waals surface area contributed by atoms with E-state index in [2.05, 4.69) is 5.32 Å². The number of hydrogen-bond acceptors (Lipinski definition) is 4. The number of carbonyl (C=O) groups excluding carboxylic acids is 3. The lowest BCUT2D eigenvalue weighted by Crippen LogP contribution is -2.56. The molecule has 2 aliphatic rings. The molecule has 7 nitrogen and oxygen atoms in total. The minimum atomic E-state index is -0.426. The monoisotopic (exact) mass is 435 g/mol. The Labute approximate surface area is 188 Å². The highest BCUT2D eigenvalue weighted by molar-refractivity contribution is 6.35. The van der Waals surface area contributed by atoms with E-state index >= 15 is 0 Å². The summed E-state index contributed by atoms with van der Waals surface area (Å²) >= 11 is 0. The lowest BCUT2D eigenvalue weighted by atomic mass is 10.1. The number of nitrogens with one attached hydrogen (secondary N) is 1. The van der Waals surface area contributed by atoms with E-state index in [4.69, 9.17) is 4.74 Å². The Bertz CT molecular complexity index is 966. The number of piperazine rings is 1. The van der Waals surface area contributed by atoms with Gasteiger partial charge in [0, 0.05) is 37.8 Å². The summed E-state index contributed by atoms with van der Waals surface area (Å²) in [6.07, 6.45) is 4.26. The lowest BCUT2D eigenvalue weighted by molar-refractivity contribution is -0.158. The number of benzene rings is 2. The number of carbonyl (C=O) groups is 3. The van der Waals surface area contributed by atoms with Gasteiger partial charge in [-0.15, -0.1) is 0 Å². The van der Waals surface area contributed by atoms with E-state index < -0.39 is 5.91 Å². The fourth-order valence-electron chi connectivity index (χ4n) is 4.41. The van der Waals surface area contributed by atoms with Gasteiger partial charge in [-0.05, 0) is 48.2 Å². The van der Waals surface area contributed by atoms with Crippen LogP contribution >= 0.6 is 0 Å². The lowest BCUT2D eigenvalue weighted by Gasteiger charge is -2.37. The molecule has 1 saturated carbocycles. The second-order valence-corrected chi connectivity index (χ2v) is 8.39. The van der Waals surface area contributed by atoms with E-state index in [1.807, 2.05) is 36.4 Å². The van der Waals surface area contributed by atoms with Crippen molar-refractivity contribution in [2.45, 2.75) is 44.8 Å². The topological polar surface area (TPSA) is 79.0 Å². The molecule has 2 fully saturated rings. The number of ether oxygens (including phenoxy) is 1. The van der Waals surface area contributed by atoms with Gasteiger partial charge in [0.2, 0.25) is 0 Å². The normalized spacial score (nSPS) is 17.0. The predicted molar refractivity (Wildman–Crippen MR) is 120 cm³/mol. The van der Waals surface area contributed by atoms with Crippen molar-refractivity contribution in [3.05, 3.63) is 65.2 Å². The van der Waals surface area contributed by atoms with Gasteiger partial charge >= 0.3 is 11.8 Å². The van der Waals surface area contributed by atoms with Gasteiger partial charge in [-0.3, -0.25) is 14.4 Å². The third-order valence-corrected chi connectivity index (χ3v) is 6.31. The molecular formula is C25H29N3O4.